The molecule has 23 heavy (non-hydrogen) atoms. The fourth-order valence-electron chi connectivity index (χ4n) is 1.78. The SMILES string of the molecule is C=CCOc1ccccc1/C=N\NC(=O)c1cc(Cl)ccc1O. The van der Waals surface area contributed by atoms with Crippen molar-refractivity contribution in [2.45, 2.75) is 0 Å². The Kier molecular flexibility index (Phi) is 5.77. The third-order valence-corrected chi connectivity index (χ3v) is 3.08. The largest absolute Gasteiger partial charge is 0.507 e. The van der Waals surface area contributed by atoms with Crippen LogP contribution in [0, 0.1) is 0 Å². The highest BCUT2D eigenvalue weighted by atomic mass is 35.5. The van der Waals surface area contributed by atoms with Gasteiger partial charge in [0.1, 0.15) is 18.1 Å². The highest BCUT2D eigenvalue weighted by Gasteiger charge is 2.10. The first-order valence-corrected chi connectivity index (χ1v) is 7.14. The minimum Gasteiger partial charge on any atom is -0.507 e. The van der Waals surface area contributed by atoms with Gasteiger partial charge in [-0.05, 0) is 30.3 Å². The molecule has 6 heteroatoms. The van der Waals surface area contributed by atoms with Gasteiger partial charge in [-0.1, -0.05) is 36.4 Å². The molecule has 0 aliphatic heterocycles. The number of hydrogen-bond donors (Lipinski definition) is 2. The lowest BCUT2D eigenvalue weighted by atomic mass is 10.2. The van der Waals surface area contributed by atoms with E-state index < -0.39 is 5.91 Å². The molecule has 0 aromatic heterocycles. The predicted octanol–water partition coefficient (Wildman–Crippen LogP) is 3.37. The summed E-state index contributed by atoms with van der Waals surface area (Å²) < 4.78 is 5.48. The maximum Gasteiger partial charge on any atom is 0.275 e. The lowest BCUT2D eigenvalue weighted by Gasteiger charge is -2.06. The monoisotopic (exact) mass is 330 g/mol. The summed E-state index contributed by atoms with van der Waals surface area (Å²) in [7, 11) is 0. The van der Waals surface area contributed by atoms with Gasteiger partial charge in [-0.15, -0.1) is 0 Å². The molecule has 0 aliphatic carbocycles. The van der Waals surface area contributed by atoms with Crippen molar-refractivity contribution >= 4 is 23.7 Å². The number of carbonyl (C=O) groups excluding carboxylic acids is 1. The Morgan fingerprint density at radius 2 is 2.13 bits per heavy atom. The quantitative estimate of drug-likeness (QED) is 0.484. The van der Waals surface area contributed by atoms with Crippen LogP contribution in [0.5, 0.6) is 11.5 Å². The maximum absolute atomic E-state index is 12.0. The van der Waals surface area contributed by atoms with E-state index in [1.54, 1.807) is 18.2 Å². The molecule has 0 aliphatic rings. The molecule has 0 spiro atoms. The number of amides is 1. The van der Waals surface area contributed by atoms with Gasteiger partial charge < -0.3 is 9.84 Å². The van der Waals surface area contributed by atoms with Gasteiger partial charge in [0.15, 0.2) is 0 Å². The van der Waals surface area contributed by atoms with Crippen molar-refractivity contribution in [3.8, 4) is 11.5 Å². The summed E-state index contributed by atoms with van der Waals surface area (Å²) in [6, 6.07) is 11.4. The van der Waals surface area contributed by atoms with Crippen LogP contribution in [0.2, 0.25) is 5.02 Å². The molecular formula is C17H15ClN2O3. The number of aromatic hydroxyl groups is 1. The first-order valence-electron chi connectivity index (χ1n) is 6.76. The Morgan fingerprint density at radius 1 is 1.35 bits per heavy atom. The van der Waals surface area contributed by atoms with Crippen molar-refractivity contribution in [1.29, 1.82) is 0 Å². The maximum atomic E-state index is 12.0. The Morgan fingerprint density at radius 3 is 2.91 bits per heavy atom. The van der Waals surface area contributed by atoms with Gasteiger partial charge in [0.05, 0.1) is 11.8 Å². The summed E-state index contributed by atoms with van der Waals surface area (Å²) in [6.45, 7) is 3.96. The van der Waals surface area contributed by atoms with Crippen molar-refractivity contribution in [2.75, 3.05) is 6.61 Å². The minimum absolute atomic E-state index is 0.0471. The molecule has 1 amide bonds. The van der Waals surface area contributed by atoms with E-state index in [1.807, 2.05) is 12.1 Å². The van der Waals surface area contributed by atoms with Crippen LogP contribution in [0.1, 0.15) is 15.9 Å². The van der Waals surface area contributed by atoms with Gasteiger partial charge in [-0.25, -0.2) is 5.43 Å². The first-order chi connectivity index (χ1) is 11.1. The van der Waals surface area contributed by atoms with Crippen LogP contribution in [-0.2, 0) is 0 Å². The number of nitrogens with zero attached hydrogens (tertiary/aromatic N) is 1. The minimum atomic E-state index is -0.564. The number of benzene rings is 2. The van der Waals surface area contributed by atoms with Gasteiger partial charge in [0, 0.05) is 10.6 Å². The second kappa shape index (κ2) is 8.00. The molecule has 0 radical (unpaired) electrons. The van der Waals surface area contributed by atoms with E-state index in [0.29, 0.717) is 22.9 Å². The summed E-state index contributed by atoms with van der Waals surface area (Å²) in [4.78, 5) is 12.0. The van der Waals surface area contributed by atoms with Crippen LogP contribution in [-0.4, -0.2) is 23.8 Å². The van der Waals surface area contributed by atoms with Crippen LogP contribution >= 0.6 is 11.6 Å². The molecule has 2 aromatic carbocycles. The second-order valence-corrected chi connectivity index (χ2v) is 4.93. The third-order valence-electron chi connectivity index (χ3n) is 2.85. The number of phenols is 1. The van der Waals surface area contributed by atoms with Gasteiger partial charge >= 0.3 is 0 Å². The zero-order valence-corrected chi connectivity index (χ0v) is 13.0. The molecule has 5 nitrogen and oxygen atoms in total. The standard InChI is InChI=1S/C17H15ClN2O3/c1-2-9-23-16-6-4-3-5-12(16)11-19-20-17(22)14-10-13(18)7-8-15(14)21/h2-8,10-11,21H,1,9H2,(H,20,22)/b19-11-. The summed E-state index contributed by atoms with van der Waals surface area (Å²) >= 11 is 5.81. The van der Waals surface area contributed by atoms with Crippen molar-refractivity contribution in [3.05, 3.63) is 71.3 Å². The summed E-state index contributed by atoms with van der Waals surface area (Å²) in [5, 5.41) is 13.9. The van der Waals surface area contributed by atoms with Crippen molar-refractivity contribution in [2.24, 2.45) is 5.10 Å². The van der Waals surface area contributed by atoms with Crippen LogP contribution in [0.15, 0.2) is 60.2 Å². The summed E-state index contributed by atoms with van der Waals surface area (Å²) in [6.07, 6.45) is 3.09. The van der Waals surface area contributed by atoms with Crippen LogP contribution in [0.3, 0.4) is 0 Å². The Hall–Kier alpha value is -2.79. The van der Waals surface area contributed by atoms with Gasteiger partial charge in [0.2, 0.25) is 0 Å². The van der Waals surface area contributed by atoms with E-state index in [2.05, 4.69) is 17.1 Å². The molecule has 0 saturated heterocycles. The molecule has 0 unspecified atom stereocenters. The molecule has 0 fully saturated rings. The lowest BCUT2D eigenvalue weighted by molar-refractivity contribution is 0.0952. The number of nitrogens with one attached hydrogen (secondary N) is 1. The number of ether oxygens (including phenoxy) is 1. The van der Waals surface area contributed by atoms with E-state index >= 15 is 0 Å². The Labute approximate surface area is 138 Å². The number of hydrogen-bond acceptors (Lipinski definition) is 4. The van der Waals surface area contributed by atoms with Crippen molar-refractivity contribution < 1.29 is 14.6 Å². The Bertz CT molecular complexity index is 744. The molecule has 0 bridgehead atoms. The number of rotatable bonds is 6. The van der Waals surface area contributed by atoms with Crippen molar-refractivity contribution in [3.63, 3.8) is 0 Å². The fourth-order valence-corrected chi connectivity index (χ4v) is 1.95. The van der Waals surface area contributed by atoms with Gasteiger partial charge in [-0.3, -0.25) is 4.79 Å². The molecular weight excluding hydrogens is 316 g/mol. The summed E-state index contributed by atoms with van der Waals surface area (Å²) in [5.41, 5.74) is 3.08. The summed E-state index contributed by atoms with van der Waals surface area (Å²) in [5.74, 6) is -0.112. The average molecular weight is 331 g/mol. The lowest BCUT2D eigenvalue weighted by Crippen LogP contribution is -2.17. The van der Waals surface area contributed by atoms with Crippen LogP contribution in [0.25, 0.3) is 0 Å². The molecule has 0 saturated carbocycles. The molecule has 2 rings (SSSR count). The normalized spacial score (nSPS) is 10.5. The number of hydrazone groups is 1. The van der Waals surface area contributed by atoms with E-state index in [9.17, 15) is 9.90 Å². The molecule has 0 heterocycles. The van der Waals surface area contributed by atoms with E-state index in [0.717, 1.165) is 0 Å². The number of carbonyl (C=O) groups is 1. The number of halogens is 1. The molecule has 2 N–H and O–H groups in total. The first kappa shape index (κ1) is 16.6. The van der Waals surface area contributed by atoms with E-state index in [-0.39, 0.29) is 11.3 Å². The topological polar surface area (TPSA) is 70.9 Å². The molecule has 118 valence electrons. The second-order valence-electron chi connectivity index (χ2n) is 4.50. The van der Waals surface area contributed by atoms with Gasteiger partial charge in [-0.2, -0.15) is 5.10 Å². The number of phenolic OH excluding ortho intramolecular Hbond substituents is 1. The van der Waals surface area contributed by atoms with Crippen LogP contribution in [0.4, 0.5) is 0 Å². The molecule has 0 atom stereocenters. The zero-order valence-electron chi connectivity index (χ0n) is 12.2. The van der Waals surface area contributed by atoms with Crippen molar-refractivity contribution in [1.82, 2.24) is 5.43 Å². The van der Waals surface area contributed by atoms with Crippen LogP contribution < -0.4 is 10.2 Å². The zero-order chi connectivity index (χ0) is 16.7. The molecule has 2 aromatic rings. The highest BCUT2D eigenvalue weighted by molar-refractivity contribution is 6.31. The smallest absolute Gasteiger partial charge is 0.275 e. The number of para-hydroxylation sites is 1. The highest BCUT2D eigenvalue weighted by Crippen LogP contribution is 2.21. The Balaban J connectivity index is 2.08. The fraction of sp³-hybridized carbons (Fsp3) is 0.0588. The third kappa shape index (κ3) is 4.59. The van der Waals surface area contributed by atoms with E-state index in [4.69, 9.17) is 16.3 Å². The van der Waals surface area contributed by atoms with E-state index in [1.165, 1.54) is 24.4 Å². The average Bonchev–Trinajstić information content (AvgIpc) is 2.56. The van der Waals surface area contributed by atoms with Gasteiger partial charge in [0.25, 0.3) is 5.91 Å². The predicted molar refractivity (Wildman–Crippen MR) is 90.3 cm³/mol.